The fourth-order valence-electron chi connectivity index (χ4n) is 3.35. The van der Waals surface area contributed by atoms with Gasteiger partial charge in [-0.05, 0) is 43.2 Å². The molecule has 2 aromatic carbocycles. The molecular weight excluding hydrogens is 442 g/mol. The number of thioether (sulfide) groups is 1. The highest BCUT2D eigenvalue weighted by Gasteiger charge is 2.31. The summed E-state index contributed by atoms with van der Waals surface area (Å²) in [6, 6.07) is 14.1. The maximum Gasteiger partial charge on any atom is 0.339 e. The van der Waals surface area contributed by atoms with Crippen LogP contribution in [-0.2, 0) is 14.3 Å². The summed E-state index contributed by atoms with van der Waals surface area (Å²) in [6.07, 6.45) is 2.08. The van der Waals surface area contributed by atoms with Crippen LogP contribution in [0.3, 0.4) is 0 Å². The number of methoxy groups -OCH3 is 1. The maximum atomic E-state index is 12.6. The number of nitrogens with one attached hydrogen (secondary N) is 2. The number of ether oxygens (including phenoxy) is 1. The highest BCUT2D eigenvalue weighted by molar-refractivity contribution is 7.99. The molecule has 170 valence electrons. The van der Waals surface area contributed by atoms with Crippen molar-refractivity contribution in [3.8, 4) is 5.69 Å². The largest absolute Gasteiger partial charge is 0.465 e. The van der Waals surface area contributed by atoms with Gasteiger partial charge in [0.2, 0.25) is 11.8 Å². The topological polar surface area (TPSA) is 115 Å². The van der Waals surface area contributed by atoms with Gasteiger partial charge >= 0.3 is 5.97 Å². The number of rotatable bonds is 8. The Bertz CT molecular complexity index is 1210. The molecule has 33 heavy (non-hydrogen) atoms. The highest BCUT2D eigenvalue weighted by atomic mass is 32.2. The van der Waals surface area contributed by atoms with Crippen LogP contribution in [0.1, 0.15) is 41.9 Å². The summed E-state index contributed by atoms with van der Waals surface area (Å²) in [6.45, 7) is 1.46. The third-order valence-electron chi connectivity index (χ3n) is 4.96. The van der Waals surface area contributed by atoms with E-state index in [0.29, 0.717) is 22.4 Å². The second-order valence-corrected chi connectivity index (χ2v) is 8.50. The van der Waals surface area contributed by atoms with Crippen LogP contribution in [0.4, 0.5) is 11.4 Å². The van der Waals surface area contributed by atoms with Gasteiger partial charge in [-0.25, -0.2) is 4.79 Å². The second-order valence-electron chi connectivity index (χ2n) is 7.56. The predicted molar refractivity (Wildman–Crippen MR) is 125 cm³/mol. The van der Waals surface area contributed by atoms with Crippen molar-refractivity contribution in [1.82, 2.24) is 14.8 Å². The van der Waals surface area contributed by atoms with Crippen molar-refractivity contribution in [2.75, 3.05) is 23.5 Å². The van der Waals surface area contributed by atoms with Gasteiger partial charge in [0.05, 0.1) is 29.8 Å². The molecule has 10 heteroatoms. The summed E-state index contributed by atoms with van der Waals surface area (Å²) in [5.41, 5.74) is 2.15. The first-order valence-corrected chi connectivity index (χ1v) is 11.4. The molecule has 9 nitrogen and oxygen atoms in total. The van der Waals surface area contributed by atoms with E-state index in [-0.39, 0.29) is 23.1 Å². The zero-order valence-electron chi connectivity index (χ0n) is 18.2. The van der Waals surface area contributed by atoms with Crippen LogP contribution in [-0.4, -0.2) is 45.4 Å². The third kappa shape index (κ3) is 5.40. The van der Waals surface area contributed by atoms with E-state index in [9.17, 15) is 14.4 Å². The molecular formula is C23H23N5O4S. The van der Waals surface area contributed by atoms with Gasteiger partial charge in [0.15, 0.2) is 5.16 Å². The Kier molecular flexibility index (Phi) is 6.74. The molecule has 1 heterocycles. The van der Waals surface area contributed by atoms with Gasteiger partial charge in [0, 0.05) is 18.5 Å². The fraction of sp³-hybridized carbons (Fsp3) is 0.261. The summed E-state index contributed by atoms with van der Waals surface area (Å²) in [5, 5.41) is 14.8. The Hall–Kier alpha value is -3.66. The molecule has 1 aliphatic carbocycles. The number of hydrogen-bond acceptors (Lipinski definition) is 7. The van der Waals surface area contributed by atoms with Crippen molar-refractivity contribution in [3.63, 3.8) is 0 Å². The molecule has 3 aromatic rings. The zero-order chi connectivity index (χ0) is 23.4. The number of aromatic nitrogens is 3. The van der Waals surface area contributed by atoms with Gasteiger partial charge in [-0.1, -0.05) is 30.0 Å². The van der Waals surface area contributed by atoms with E-state index in [1.54, 1.807) is 24.3 Å². The average Bonchev–Trinajstić information content (AvgIpc) is 3.56. The van der Waals surface area contributed by atoms with Crippen molar-refractivity contribution in [2.24, 2.45) is 0 Å². The first-order chi connectivity index (χ1) is 16.0. The minimum Gasteiger partial charge on any atom is -0.465 e. The first-order valence-electron chi connectivity index (χ1n) is 10.4. The van der Waals surface area contributed by atoms with Crippen molar-refractivity contribution < 1.29 is 19.1 Å². The number of para-hydroxylation sites is 1. The average molecular weight is 466 g/mol. The van der Waals surface area contributed by atoms with Crippen LogP contribution >= 0.6 is 11.8 Å². The van der Waals surface area contributed by atoms with Gasteiger partial charge in [-0.2, -0.15) is 0 Å². The van der Waals surface area contributed by atoms with Crippen LogP contribution in [0, 0.1) is 0 Å². The van der Waals surface area contributed by atoms with Crippen LogP contribution in [0.15, 0.2) is 53.7 Å². The summed E-state index contributed by atoms with van der Waals surface area (Å²) < 4.78 is 6.71. The van der Waals surface area contributed by atoms with E-state index >= 15 is 0 Å². The lowest BCUT2D eigenvalue weighted by Crippen LogP contribution is -2.17. The summed E-state index contributed by atoms with van der Waals surface area (Å²) in [7, 11) is 1.29. The minimum absolute atomic E-state index is 0.0731. The van der Waals surface area contributed by atoms with Gasteiger partial charge in [0.25, 0.3) is 0 Å². The lowest BCUT2D eigenvalue weighted by Gasteiger charge is -2.12. The molecule has 2 N–H and O–H groups in total. The SMILES string of the molecule is COC(=O)c1ccccc1NC(=O)CSc1nnc(C2CC2)n1-c1cccc(NC(C)=O)c1. The molecule has 1 aliphatic rings. The van der Waals surface area contributed by atoms with Crippen LogP contribution in [0.25, 0.3) is 5.69 Å². The molecule has 0 radical (unpaired) electrons. The van der Waals surface area contributed by atoms with Crippen LogP contribution in [0.5, 0.6) is 0 Å². The van der Waals surface area contributed by atoms with E-state index in [2.05, 4.69) is 20.8 Å². The molecule has 4 rings (SSSR count). The van der Waals surface area contributed by atoms with E-state index in [0.717, 1.165) is 24.4 Å². The summed E-state index contributed by atoms with van der Waals surface area (Å²) in [4.78, 5) is 36.0. The number of hydrogen-bond donors (Lipinski definition) is 2. The monoisotopic (exact) mass is 465 g/mol. The number of carbonyl (C=O) groups excluding carboxylic acids is 3. The van der Waals surface area contributed by atoms with Gasteiger partial charge in [-0.3, -0.25) is 14.2 Å². The molecule has 0 atom stereocenters. The van der Waals surface area contributed by atoms with E-state index in [1.807, 2.05) is 28.8 Å². The quantitative estimate of drug-likeness (QED) is 0.386. The lowest BCUT2D eigenvalue weighted by atomic mass is 10.2. The highest BCUT2D eigenvalue weighted by Crippen LogP contribution is 2.41. The Morgan fingerprint density at radius 1 is 1.09 bits per heavy atom. The van der Waals surface area contributed by atoms with Gasteiger partial charge in [-0.15, -0.1) is 10.2 Å². The molecule has 2 amide bonds. The Morgan fingerprint density at radius 2 is 1.88 bits per heavy atom. The Morgan fingerprint density at radius 3 is 2.61 bits per heavy atom. The number of nitrogens with zero attached hydrogens (tertiary/aromatic N) is 3. The number of amides is 2. The number of anilines is 2. The molecule has 1 fully saturated rings. The van der Waals surface area contributed by atoms with Crippen molar-refractivity contribution in [2.45, 2.75) is 30.8 Å². The normalized spacial score (nSPS) is 12.8. The van der Waals surface area contributed by atoms with E-state index < -0.39 is 5.97 Å². The number of benzene rings is 2. The molecule has 0 bridgehead atoms. The number of carbonyl (C=O) groups is 3. The predicted octanol–water partition coefficient (Wildman–Crippen LogP) is 3.62. The van der Waals surface area contributed by atoms with Crippen molar-refractivity contribution in [3.05, 3.63) is 59.9 Å². The van der Waals surface area contributed by atoms with Gasteiger partial charge < -0.3 is 15.4 Å². The Labute approximate surface area is 194 Å². The summed E-state index contributed by atoms with van der Waals surface area (Å²) in [5.74, 6) is 0.282. The molecule has 0 saturated heterocycles. The molecule has 1 saturated carbocycles. The fourth-order valence-corrected chi connectivity index (χ4v) is 4.10. The van der Waals surface area contributed by atoms with Crippen LogP contribution in [0.2, 0.25) is 0 Å². The minimum atomic E-state index is -0.522. The summed E-state index contributed by atoms with van der Waals surface area (Å²) >= 11 is 1.25. The molecule has 0 unspecified atom stereocenters. The molecule has 0 spiro atoms. The van der Waals surface area contributed by atoms with Crippen molar-refractivity contribution >= 4 is 40.9 Å². The lowest BCUT2D eigenvalue weighted by molar-refractivity contribution is -0.114. The third-order valence-corrected chi connectivity index (χ3v) is 5.89. The van der Waals surface area contributed by atoms with Crippen molar-refractivity contribution in [1.29, 1.82) is 0 Å². The van der Waals surface area contributed by atoms with E-state index in [4.69, 9.17) is 4.74 Å². The second kappa shape index (κ2) is 9.86. The maximum absolute atomic E-state index is 12.6. The zero-order valence-corrected chi connectivity index (χ0v) is 19.0. The van der Waals surface area contributed by atoms with Crippen LogP contribution < -0.4 is 10.6 Å². The molecule has 0 aliphatic heterocycles. The smallest absolute Gasteiger partial charge is 0.339 e. The van der Waals surface area contributed by atoms with E-state index in [1.165, 1.54) is 25.8 Å². The molecule has 1 aromatic heterocycles. The first kappa shape index (κ1) is 22.5. The Balaban J connectivity index is 1.53. The van der Waals surface area contributed by atoms with Gasteiger partial charge in [0.1, 0.15) is 5.82 Å². The standard InChI is InChI=1S/C23H23N5O4S/c1-14(29)24-16-6-5-7-17(12-16)28-21(15-10-11-15)26-27-23(28)33-13-20(30)25-19-9-4-3-8-18(19)22(31)32-2/h3-9,12,15H,10-11,13H2,1-2H3,(H,24,29)(H,25,30). The number of esters is 1.